The second-order valence-electron chi connectivity index (χ2n) is 6.05. The number of piperazine rings is 1. The van der Waals surface area contributed by atoms with E-state index in [0.717, 1.165) is 51.4 Å². The minimum absolute atomic E-state index is 0.204. The molecule has 1 aliphatic heterocycles. The lowest BCUT2D eigenvalue weighted by Gasteiger charge is -2.43. The molecule has 3 fully saturated rings. The molecule has 0 aromatic carbocycles. The third-order valence-electron chi connectivity index (χ3n) is 4.54. The number of carbonyl (C=O) groups is 1. The summed E-state index contributed by atoms with van der Waals surface area (Å²) >= 11 is 0. The van der Waals surface area contributed by atoms with Crippen molar-refractivity contribution in [2.75, 3.05) is 32.7 Å². The highest BCUT2D eigenvalue weighted by Crippen LogP contribution is 2.32. The summed E-state index contributed by atoms with van der Waals surface area (Å²) in [7, 11) is 0. The number of nitrogens with two attached hydrogens (primary N) is 1. The van der Waals surface area contributed by atoms with Crippen molar-refractivity contribution in [2.45, 2.75) is 37.6 Å². The van der Waals surface area contributed by atoms with Crippen LogP contribution in [-0.2, 0) is 4.79 Å². The van der Waals surface area contributed by atoms with Crippen LogP contribution in [0.2, 0.25) is 0 Å². The molecule has 4 nitrogen and oxygen atoms in total. The Kier molecular flexibility index (Phi) is 2.87. The van der Waals surface area contributed by atoms with Gasteiger partial charge >= 0.3 is 0 Å². The first-order chi connectivity index (χ1) is 8.17. The Balaban J connectivity index is 1.48. The van der Waals surface area contributed by atoms with Crippen molar-refractivity contribution in [3.05, 3.63) is 0 Å². The van der Waals surface area contributed by atoms with Gasteiger partial charge in [0.25, 0.3) is 0 Å². The molecule has 0 spiro atoms. The van der Waals surface area contributed by atoms with Crippen molar-refractivity contribution in [3.8, 4) is 0 Å². The van der Waals surface area contributed by atoms with Crippen molar-refractivity contribution in [1.82, 2.24) is 9.80 Å². The minimum Gasteiger partial charge on any atom is -0.339 e. The van der Waals surface area contributed by atoms with E-state index < -0.39 is 5.54 Å². The molecule has 0 aromatic rings. The molecule has 3 aliphatic rings. The summed E-state index contributed by atoms with van der Waals surface area (Å²) in [5.74, 6) is 1.15. The van der Waals surface area contributed by atoms with Gasteiger partial charge in [-0.05, 0) is 38.0 Å². The molecule has 2 N–H and O–H groups in total. The Bertz CT molecular complexity index is 302. The van der Waals surface area contributed by atoms with Gasteiger partial charge in [-0.15, -0.1) is 0 Å². The molecule has 2 aliphatic carbocycles. The number of hydrogen-bond acceptors (Lipinski definition) is 3. The van der Waals surface area contributed by atoms with E-state index in [4.69, 9.17) is 5.73 Å². The molecule has 4 heteroatoms. The maximum absolute atomic E-state index is 12.2. The van der Waals surface area contributed by atoms with Crippen molar-refractivity contribution in [2.24, 2.45) is 11.7 Å². The fourth-order valence-electron chi connectivity index (χ4n) is 2.89. The lowest BCUT2D eigenvalue weighted by Crippen LogP contribution is -2.62. The fraction of sp³-hybridized carbons (Fsp3) is 0.923. The molecule has 1 amide bonds. The topological polar surface area (TPSA) is 49.6 Å². The molecule has 1 heterocycles. The molecule has 0 unspecified atom stereocenters. The van der Waals surface area contributed by atoms with Gasteiger partial charge in [-0.2, -0.15) is 0 Å². The van der Waals surface area contributed by atoms with E-state index in [1.165, 1.54) is 19.4 Å². The Hall–Kier alpha value is -0.610. The average Bonchev–Trinajstić information content (AvgIpc) is 3.10. The normalized spacial score (nSPS) is 28.9. The van der Waals surface area contributed by atoms with E-state index in [2.05, 4.69) is 4.90 Å². The summed E-state index contributed by atoms with van der Waals surface area (Å²) in [4.78, 5) is 16.7. The van der Waals surface area contributed by atoms with Crippen molar-refractivity contribution >= 4 is 5.91 Å². The maximum Gasteiger partial charge on any atom is 0.242 e. The second-order valence-corrected chi connectivity index (χ2v) is 6.05. The smallest absolute Gasteiger partial charge is 0.242 e. The van der Waals surface area contributed by atoms with Crippen LogP contribution in [-0.4, -0.2) is 54.0 Å². The molecule has 0 atom stereocenters. The molecule has 1 saturated heterocycles. The summed E-state index contributed by atoms with van der Waals surface area (Å²) < 4.78 is 0. The lowest BCUT2D eigenvalue weighted by atomic mass is 9.76. The first kappa shape index (κ1) is 11.5. The zero-order valence-electron chi connectivity index (χ0n) is 10.5. The van der Waals surface area contributed by atoms with E-state index in [-0.39, 0.29) is 5.91 Å². The molecule has 0 aromatic heterocycles. The van der Waals surface area contributed by atoms with Crippen molar-refractivity contribution in [3.63, 3.8) is 0 Å². The van der Waals surface area contributed by atoms with E-state index in [1.807, 2.05) is 4.90 Å². The standard InChI is InChI=1S/C13H23N3O/c14-13(4-1-5-13)12(17)16-8-6-15(7-9-16)10-11-2-3-11/h11H,1-10,14H2. The fourth-order valence-corrected chi connectivity index (χ4v) is 2.89. The third-order valence-corrected chi connectivity index (χ3v) is 4.54. The van der Waals surface area contributed by atoms with Crippen LogP contribution in [0, 0.1) is 5.92 Å². The van der Waals surface area contributed by atoms with E-state index >= 15 is 0 Å². The van der Waals surface area contributed by atoms with Gasteiger partial charge in [0, 0.05) is 32.7 Å². The average molecular weight is 237 g/mol. The molecule has 0 radical (unpaired) electrons. The van der Waals surface area contributed by atoms with Gasteiger partial charge in [0.2, 0.25) is 5.91 Å². The van der Waals surface area contributed by atoms with E-state index in [9.17, 15) is 4.79 Å². The summed E-state index contributed by atoms with van der Waals surface area (Å²) in [6, 6.07) is 0. The Morgan fingerprint density at radius 3 is 2.29 bits per heavy atom. The van der Waals surface area contributed by atoms with Gasteiger partial charge in [-0.1, -0.05) is 0 Å². The van der Waals surface area contributed by atoms with Crippen molar-refractivity contribution in [1.29, 1.82) is 0 Å². The molecule has 2 saturated carbocycles. The first-order valence-electron chi connectivity index (χ1n) is 6.98. The lowest BCUT2D eigenvalue weighted by molar-refractivity contribution is -0.142. The number of amides is 1. The van der Waals surface area contributed by atoms with Crippen LogP contribution in [0.15, 0.2) is 0 Å². The Labute approximate surface area is 103 Å². The molecule has 96 valence electrons. The Morgan fingerprint density at radius 1 is 1.18 bits per heavy atom. The van der Waals surface area contributed by atoms with Gasteiger partial charge in [0.15, 0.2) is 0 Å². The number of hydrogen-bond donors (Lipinski definition) is 1. The van der Waals surface area contributed by atoms with Crippen LogP contribution in [0.4, 0.5) is 0 Å². The number of carbonyl (C=O) groups excluding carboxylic acids is 1. The van der Waals surface area contributed by atoms with Crippen LogP contribution in [0.5, 0.6) is 0 Å². The van der Waals surface area contributed by atoms with Crippen LogP contribution in [0.3, 0.4) is 0 Å². The van der Waals surface area contributed by atoms with E-state index in [0.29, 0.717) is 0 Å². The van der Waals surface area contributed by atoms with Gasteiger partial charge in [0.1, 0.15) is 0 Å². The van der Waals surface area contributed by atoms with Gasteiger partial charge < -0.3 is 10.6 Å². The second kappa shape index (κ2) is 4.25. The summed E-state index contributed by atoms with van der Waals surface area (Å²) in [6.45, 7) is 5.08. The van der Waals surface area contributed by atoms with Crippen LogP contribution < -0.4 is 5.73 Å². The van der Waals surface area contributed by atoms with Gasteiger partial charge in [-0.25, -0.2) is 0 Å². The predicted molar refractivity (Wildman–Crippen MR) is 66.5 cm³/mol. The highest BCUT2D eigenvalue weighted by molar-refractivity contribution is 5.87. The highest BCUT2D eigenvalue weighted by Gasteiger charge is 2.43. The van der Waals surface area contributed by atoms with Gasteiger partial charge in [0.05, 0.1) is 5.54 Å². The summed E-state index contributed by atoms with van der Waals surface area (Å²) in [6.07, 6.45) is 5.70. The minimum atomic E-state index is -0.501. The maximum atomic E-state index is 12.2. The third kappa shape index (κ3) is 2.33. The van der Waals surface area contributed by atoms with Gasteiger partial charge in [-0.3, -0.25) is 9.69 Å². The van der Waals surface area contributed by atoms with Crippen LogP contribution in [0.1, 0.15) is 32.1 Å². The molecule has 17 heavy (non-hydrogen) atoms. The molecule has 0 bridgehead atoms. The summed E-state index contributed by atoms with van der Waals surface area (Å²) in [5, 5.41) is 0. The zero-order chi connectivity index (χ0) is 11.9. The predicted octanol–water partition coefficient (Wildman–Crippen LogP) is 0.422. The number of nitrogens with zero attached hydrogens (tertiary/aromatic N) is 2. The largest absolute Gasteiger partial charge is 0.339 e. The quantitative estimate of drug-likeness (QED) is 0.774. The first-order valence-corrected chi connectivity index (χ1v) is 6.98. The van der Waals surface area contributed by atoms with E-state index in [1.54, 1.807) is 0 Å². The zero-order valence-corrected chi connectivity index (χ0v) is 10.5. The van der Waals surface area contributed by atoms with Crippen LogP contribution >= 0.6 is 0 Å². The summed E-state index contributed by atoms with van der Waals surface area (Å²) in [5.41, 5.74) is 5.60. The van der Waals surface area contributed by atoms with Crippen LogP contribution in [0.25, 0.3) is 0 Å². The monoisotopic (exact) mass is 237 g/mol. The number of rotatable bonds is 3. The molecular formula is C13H23N3O. The molecular weight excluding hydrogens is 214 g/mol. The van der Waals surface area contributed by atoms with Crippen molar-refractivity contribution < 1.29 is 4.79 Å². The SMILES string of the molecule is NC1(C(=O)N2CCN(CC3CC3)CC2)CCC1. The highest BCUT2D eigenvalue weighted by atomic mass is 16.2. The Morgan fingerprint density at radius 2 is 1.82 bits per heavy atom. The molecule has 3 rings (SSSR count).